The van der Waals surface area contributed by atoms with Crippen molar-refractivity contribution in [1.29, 1.82) is 0 Å². The minimum absolute atomic E-state index is 0.256. The highest BCUT2D eigenvalue weighted by atomic mass is 16.2. The summed E-state index contributed by atoms with van der Waals surface area (Å²) in [5.74, 6) is -0.564. The van der Waals surface area contributed by atoms with Gasteiger partial charge in [-0.05, 0) is 62.1 Å². The number of hydrogen-bond donors (Lipinski definition) is 2. The number of hydrogen-bond acceptors (Lipinski definition) is 3. The minimum Gasteiger partial charge on any atom is -0.321 e. The molecule has 2 N–H and O–H groups in total. The molecule has 0 spiro atoms. The van der Waals surface area contributed by atoms with E-state index in [-0.39, 0.29) is 17.5 Å². The summed E-state index contributed by atoms with van der Waals surface area (Å²) in [5.41, 5.74) is 6.18. The van der Waals surface area contributed by atoms with Crippen LogP contribution in [0.15, 0.2) is 54.7 Å². The Bertz CT molecular complexity index is 915. The number of amides is 2. The van der Waals surface area contributed by atoms with Crippen molar-refractivity contribution in [3.63, 3.8) is 0 Å². The second kappa shape index (κ2) is 8.05. The van der Waals surface area contributed by atoms with Crippen LogP contribution in [-0.2, 0) is 0 Å². The average Bonchev–Trinajstić information content (AvgIpc) is 2.67. The Hall–Kier alpha value is -3.47. The van der Waals surface area contributed by atoms with Crippen LogP contribution in [0.2, 0.25) is 0 Å². The summed E-state index contributed by atoms with van der Waals surface area (Å²) < 4.78 is 0. The summed E-state index contributed by atoms with van der Waals surface area (Å²) in [6.45, 7) is 7.78. The largest absolute Gasteiger partial charge is 0.321 e. The van der Waals surface area contributed by atoms with Crippen LogP contribution in [0.1, 0.15) is 43.1 Å². The fourth-order valence-electron chi connectivity index (χ4n) is 3.05. The normalized spacial score (nSPS) is 10.4. The van der Waals surface area contributed by atoms with E-state index in [4.69, 9.17) is 0 Å². The Kier molecular flexibility index (Phi) is 5.54. The number of carbonyl (C=O) groups excluding carboxylic acids is 2. The zero-order valence-corrected chi connectivity index (χ0v) is 16.5. The number of rotatable bonds is 4. The van der Waals surface area contributed by atoms with Crippen LogP contribution in [0.25, 0.3) is 0 Å². The molecule has 3 aromatic rings. The predicted molar refractivity (Wildman–Crippen MR) is 112 cm³/mol. The van der Waals surface area contributed by atoms with Gasteiger partial charge in [0.15, 0.2) is 0 Å². The number of benzene rings is 2. The van der Waals surface area contributed by atoms with E-state index in [1.165, 1.54) is 6.20 Å². The van der Waals surface area contributed by atoms with E-state index in [0.717, 1.165) is 33.6 Å². The fraction of sp³-hybridized carbons (Fsp3) is 0.174. The summed E-state index contributed by atoms with van der Waals surface area (Å²) in [4.78, 5) is 29.2. The molecule has 0 saturated carbocycles. The van der Waals surface area contributed by atoms with Gasteiger partial charge in [-0.1, -0.05) is 36.4 Å². The second-order valence-electron chi connectivity index (χ2n) is 6.87. The SMILES string of the molecule is Cc1cccc(C)c1NC(=O)c1ccc(C(=O)Nc2c(C)cccc2C)nc1. The van der Waals surface area contributed by atoms with Crippen molar-refractivity contribution in [2.24, 2.45) is 0 Å². The highest BCUT2D eigenvalue weighted by Gasteiger charge is 2.14. The molecule has 0 aliphatic carbocycles. The van der Waals surface area contributed by atoms with Crippen molar-refractivity contribution in [2.75, 3.05) is 10.6 Å². The highest BCUT2D eigenvalue weighted by molar-refractivity contribution is 6.06. The van der Waals surface area contributed by atoms with E-state index < -0.39 is 0 Å². The number of aryl methyl sites for hydroxylation is 4. The first kappa shape index (κ1) is 19.3. The van der Waals surface area contributed by atoms with Crippen LogP contribution in [0.4, 0.5) is 11.4 Å². The molecule has 5 heteroatoms. The van der Waals surface area contributed by atoms with Gasteiger partial charge >= 0.3 is 0 Å². The maximum Gasteiger partial charge on any atom is 0.274 e. The van der Waals surface area contributed by atoms with Crippen LogP contribution in [-0.4, -0.2) is 16.8 Å². The molecule has 0 unspecified atom stereocenters. The van der Waals surface area contributed by atoms with E-state index >= 15 is 0 Å². The summed E-state index contributed by atoms with van der Waals surface area (Å²) in [6.07, 6.45) is 1.42. The van der Waals surface area contributed by atoms with Crippen molar-refractivity contribution in [1.82, 2.24) is 4.98 Å². The molecule has 0 aliphatic heterocycles. The van der Waals surface area contributed by atoms with E-state index in [1.54, 1.807) is 12.1 Å². The van der Waals surface area contributed by atoms with Gasteiger partial charge in [-0.15, -0.1) is 0 Å². The topological polar surface area (TPSA) is 71.1 Å². The molecule has 0 saturated heterocycles. The van der Waals surface area contributed by atoms with Crippen molar-refractivity contribution in [3.05, 3.63) is 88.2 Å². The first-order valence-electron chi connectivity index (χ1n) is 9.08. The molecule has 0 aliphatic rings. The van der Waals surface area contributed by atoms with Crippen LogP contribution >= 0.6 is 0 Å². The molecule has 5 nitrogen and oxygen atoms in total. The number of aromatic nitrogens is 1. The molecule has 0 fully saturated rings. The number of para-hydroxylation sites is 2. The zero-order valence-electron chi connectivity index (χ0n) is 16.5. The number of anilines is 2. The molecule has 0 atom stereocenters. The monoisotopic (exact) mass is 373 g/mol. The molecule has 0 radical (unpaired) electrons. The van der Waals surface area contributed by atoms with E-state index in [0.29, 0.717) is 5.56 Å². The number of pyridine rings is 1. The van der Waals surface area contributed by atoms with Crippen LogP contribution in [0, 0.1) is 27.7 Å². The number of nitrogens with zero attached hydrogens (tertiary/aromatic N) is 1. The molecule has 0 bridgehead atoms. The van der Waals surface area contributed by atoms with Gasteiger partial charge < -0.3 is 10.6 Å². The van der Waals surface area contributed by atoms with Gasteiger partial charge in [0.2, 0.25) is 0 Å². The molecular weight excluding hydrogens is 350 g/mol. The lowest BCUT2D eigenvalue weighted by molar-refractivity contribution is 0.101. The van der Waals surface area contributed by atoms with Crippen LogP contribution in [0.5, 0.6) is 0 Å². The van der Waals surface area contributed by atoms with E-state index in [1.807, 2.05) is 64.1 Å². The van der Waals surface area contributed by atoms with Gasteiger partial charge in [-0.25, -0.2) is 0 Å². The summed E-state index contributed by atoms with van der Waals surface area (Å²) >= 11 is 0. The molecule has 3 rings (SSSR count). The maximum absolute atomic E-state index is 12.5. The summed E-state index contributed by atoms with van der Waals surface area (Å²) in [7, 11) is 0. The van der Waals surface area contributed by atoms with E-state index in [9.17, 15) is 9.59 Å². The summed E-state index contributed by atoms with van der Waals surface area (Å²) in [5, 5.41) is 5.81. The maximum atomic E-state index is 12.5. The zero-order chi connectivity index (χ0) is 20.3. The molecule has 2 aromatic carbocycles. The molecule has 2 amide bonds. The molecular formula is C23H23N3O2. The minimum atomic E-state index is -0.306. The second-order valence-corrected chi connectivity index (χ2v) is 6.87. The van der Waals surface area contributed by atoms with Gasteiger partial charge in [0.05, 0.1) is 5.56 Å². The molecule has 1 aromatic heterocycles. The Morgan fingerprint density at radius 3 is 1.57 bits per heavy atom. The van der Waals surface area contributed by atoms with Gasteiger partial charge in [0.25, 0.3) is 11.8 Å². The van der Waals surface area contributed by atoms with Gasteiger partial charge in [0, 0.05) is 17.6 Å². The smallest absolute Gasteiger partial charge is 0.274 e. The number of carbonyl (C=O) groups is 2. The summed E-state index contributed by atoms with van der Waals surface area (Å²) in [6, 6.07) is 14.8. The van der Waals surface area contributed by atoms with Crippen molar-refractivity contribution < 1.29 is 9.59 Å². The van der Waals surface area contributed by atoms with Crippen LogP contribution in [0.3, 0.4) is 0 Å². The lowest BCUT2D eigenvalue weighted by atomic mass is 10.1. The molecule has 142 valence electrons. The molecule has 1 heterocycles. The Morgan fingerprint density at radius 1 is 0.679 bits per heavy atom. The predicted octanol–water partition coefficient (Wildman–Crippen LogP) is 4.82. The highest BCUT2D eigenvalue weighted by Crippen LogP contribution is 2.21. The number of nitrogens with one attached hydrogen (secondary N) is 2. The third-order valence-electron chi connectivity index (χ3n) is 4.70. The van der Waals surface area contributed by atoms with Crippen molar-refractivity contribution >= 4 is 23.2 Å². The Balaban J connectivity index is 1.74. The van der Waals surface area contributed by atoms with Gasteiger partial charge in [0.1, 0.15) is 5.69 Å². The lowest BCUT2D eigenvalue weighted by Gasteiger charge is -2.12. The van der Waals surface area contributed by atoms with Crippen LogP contribution < -0.4 is 10.6 Å². The molecule has 28 heavy (non-hydrogen) atoms. The average molecular weight is 373 g/mol. The third-order valence-corrected chi connectivity index (χ3v) is 4.70. The van der Waals surface area contributed by atoms with E-state index in [2.05, 4.69) is 15.6 Å². The van der Waals surface area contributed by atoms with Crippen molar-refractivity contribution in [3.8, 4) is 0 Å². The van der Waals surface area contributed by atoms with Crippen molar-refractivity contribution in [2.45, 2.75) is 27.7 Å². The van der Waals surface area contributed by atoms with Gasteiger partial charge in [-0.2, -0.15) is 0 Å². The first-order valence-corrected chi connectivity index (χ1v) is 9.08. The van der Waals surface area contributed by atoms with Gasteiger partial charge in [-0.3, -0.25) is 14.6 Å². The lowest BCUT2D eigenvalue weighted by Crippen LogP contribution is -2.17. The standard InChI is InChI=1S/C23H23N3O2/c1-14-7-5-8-15(2)20(14)25-22(27)18-11-12-19(24-13-18)23(28)26-21-16(3)9-6-10-17(21)4/h5-13H,1-4H3,(H,25,27)(H,26,28). The Labute approximate surface area is 164 Å². The quantitative estimate of drug-likeness (QED) is 0.689. The third kappa shape index (κ3) is 4.09. The Morgan fingerprint density at radius 2 is 1.14 bits per heavy atom. The fourth-order valence-corrected chi connectivity index (χ4v) is 3.05. The first-order chi connectivity index (χ1) is 13.4.